The average molecular weight is 351 g/mol. The molecule has 25 heavy (non-hydrogen) atoms. The Kier molecular flexibility index (Phi) is 4.96. The van der Waals surface area contributed by atoms with Crippen molar-refractivity contribution in [1.82, 2.24) is 0 Å². The second-order valence-corrected chi connectivity index (χ2v) is 9.90. The van der Waals surface area contributed by atoms with Gasteiger partial charge in [-0.1, -0.05) is 6.92 Å². The van der Waals surface area contributed by atoms with Crippen LogP contribution in [0.3, 0.4) is 0 Å². The van der Waals surface area contributed by atoms with Gasteiger partial charge in [0.25, 0.3) is 0 Å². The summed E-state index contributed by atoms with van der Waals surface area (Å²) in [5.74, 6) is 3.30. The molecule has 1 N–H and O–H groups in total. The molecular formula is C22H38O3. The molecule has 0 spiro atoms. The Morgan fingerprint density at radius 1 is 0.960 bits per heavy atom. The molecule has 0 amide bonds. The predicted molar refractivity (Wildman–Crippen MR) is 99.3 cm³/mol. The molecule has 0 aromatic rings. The smallest absolute Gasteiger partial charge is 0.0627 e. The average Bonchev–Trinajstić information content (AvgIpc) is 2.96. The summed E-state index contributed by atoms with van der Waals surface area (Å²) in [5, 5.41) is 10.3. The number of hydrogen-bond acceptors (Lipinski definition) is 3. The zero-order chi connectivity index (χ0) is 17.7. The van der Waals surface area contributed by atoms with Crippen molar-refractivity contribution in [3.63, 3.8) is 0 Å². The lowest BCUT2D eigenvalue weighted by Crippen LogP contribution is -2.56. The molecule has 8 atom stereocenters. The van der Waals surface area contributed by atoms with Gasteiger partial charge < -0.3 is 14.6 Å². The van der Waals surface area contributed by atoms with Crippen LogP contribution in [0.25, 0.3) is 0 Å². The molecule has 0 unspecified atom stereocenters. The van der Waals surface area contributed by atoms with E-state index in [0.29, 0.717) is 16.9 Å². The molecule has 4 fully saturated rings. The standard InChI is InChI=1S/C22H38O3/c1-21-10-9-19-17(18(21)6-7-20(21)25-3)5-4-15-14-16(23)8-11-22(15,19)12-13-24-2/h15-20,23H,4-14H2,1-3H3/t15-,16+,17-,18-,19-,20-,21-,22+/m0/s1. The van der Waals surface area contributed by atoms with Crippen LogP contribution in [0.4, 0.5) is 0 Å². The second-order valence-electron chi connectivity index (χ2n) is 9.90. The van der Waals surface area contributed by atoms with Crippen molar-refractivity contribution in [1.29, 1.82) is 0 Å². The van der Waals surface area contributed by atoms with E-state index in [1.165, 1.54) is 51.4 Å². The molecule has 0 radical (unpaired) electrons. The fourth-order valence-electron chi connectivity index (χ4n) is 8.16. The highest BCUT2D eigenvalue weighted by molar-refractivity contribution is 5.10. The molecule has 3 heteroatoms. The summed E-state index contributed by atoms with van der Waals surface area (Å²) in [6.07, 6.45) is 12.9. The first-order chi connectivity index (χ1) is 12.0. The van der Waals surface area contributed by atoms with Gasteiger partial charge in [-0.05, 0) is 98.7 Å². The Labute approximate surface area is 153 Å². The van der Waals surface area contributed by atoms with E-state index in [0.717, 1.165) is 43.1 Å². The fraction of sp³-hybridized carbons (Fsp3) is 1.00. The van der Waals surface area contributed by atoms with Gasteiger partial charge in [-0.2, -0.15) is 0 Å². The van der Waals surface area contributed by atoms with E-state index < -0.39 is 0 Å². The van der Waals surface area contributed by atoms with Gasteiger partial charge in [0, 0.05) is 20.8 Å². The van der Waals surface area contributed by atoms with Crippen LogP contribution in [0.1, 0.15) is 71.1 Å². The Bertz CT molecular complexity index is 476. The van der Waals surface area contributed by atoms with Crippen molar-refractivity contribution < 1.29 is 14.6 Å². The highest BCUT2D eigenvalue weighted by Crippen LogP contribution is 2.67. The number of fused-ring (bicyclic) bond motifs is 5. The lowest BCUT2D eigenvalue weighted by Gasteiger charge is -2.62. The molecule has 0 heterocycles. The first kappa shape index (κ1) is 18.3. The molecule has 0 aromatic carbocycles. The first-order valence-corrected chi connectivity index (χ1v) is 10.7. The number of methoxy groups -OCH3 is 2. The van der Waals surface area contributed by atoms with Gasteiger partial charge >= 0.3 is 0 Å². The van der Waals surface area contributed by atoms with Crippen molar-refractivity contribution >= 4 is 0 Å². The quantitative estimate of drug-likeness (QED) is 0.815. The van der Waals surface area contributed by atoms with Crippen LogP contribution in [0, 0.1) is 34.5 Å². The number of aliphatic hydroxyl groups excluding tert-OH is 1. The van der Waals surface area contributed by atoms with Gasteiger partial charge in [-0.15, -0.1) is 0 Å². The minimum Gasteiger partial charge on any atom is -0.393 e. The third-order valence-corrected chi connectivity index (χ3v) is 9.31. The van der Waals surface area contributed by atoms with E-state index in [1.54, 1.807) is 0 Å². The van der Waals surface area contributed by atoms with Crippen molar-refractivity contribution in [3.8, 4) is 0 Å². The Hall–Kier alpha value is -0.120. The molecule has 4 aliphatic rings. The number of ether oxygens (including phenoxy) is 2. The summed E-state index contributed by atoms with van der Waals surface area (Å²) in [5.41, 5.74) is 0.837. The van der Waals surface area contributed by atoms with E-state index in [2.05, 4.69) is 6.92 Å². The molecule has 4 saturated carbocycles. The van der Waals surface area contributed by atoms with Crippen molar-refractivity contribution in [2.24, 2.45) is 34.5 Å². The maximum Gasteiger partial charge on any atom is 0.0627 e. The van der Waals surface area contributed by atoms with Crippen LogP contribution >= 0.6 is 0 Å². The number of hydrogen-bond donors (Lipinski definition) is 1. The van der Waals surface area contributed by atoms with Crippen LogP contribution in [0.2, 0.25) is 0 Å². The van der Waals surface area contributed by atoms with Crippen molar-refractivity contribution in [2.45, 2.75) is 83.3 Å². The summed E-state index contributed by atoms with van der Waals surface area (Å²) in [4.78, 5) is 0. The minimum atomic E-state index is -0.0598. The molecule has 0 bridgehead atoms. The van der Waals surface area contributed by atoms with Gasteiger partial charge in [0.2, 0.25) is 0 Å². The van der Waals surface area contributed by atoms with E-state index in [4.69, 9.17) is 9.47 Å². The molecule has 3 nitrogen and oxygen atoms in total. The summed E-state index contributed by atoms with van der Waals surface area (Å²) < 4.78 is 11.5. The van der Waals surface area contributed by atoms with Crippen LogP contribution < -0.4 is 0 Å². The number of rotatable bonds is 4. The highest BCUT2D eigenvalue weighted by atomic mass is 16.5. The van der Waals surface area contributed by atoms with Gasteiger partial charge in [0.05, 0.1) is 12.2 Å². The van der Waals surface area contributed by atoms with E-state index in [1.807, 2.05) is 14.2 Å². The predicted octanol–water partition coefficient (Wildman–Crippen LogP) is 4.42. The number of aliphatic hydroxyl groups is 1. The minimum absolute atomic E-state index is 0.0598. The molecule has 4 rings (SSSR count). The summed E-state index contributed by atoms with van der Waals surface area (Å²) in [6.45, 7) is 3.41. The zero-order valence-corrected chi connectivity index (χ0v) is 16.5. The topological polar surface area (TPSA) is 38.7 Å². The SMILES string of the molecule is COCC[C@]12CC[C@@H](O)C[C@@H]1CC[C@H]1[C@@H]3CC[C@H](OC)[C@@]3(C)CC[C@@H]12. The van der Waals surface area contributed by atoms with E-state index in [9.17, 15) is 5.11 Å². The maximum absolute atomic E-state index is 10.3. The summed E-state index contributed by atoms with van der Waals surface area (Å²) >= 11 is 0. The molecule has 0 aliphatic heterocycles. The van der Waals surface area contributed by atoms with Crippen molar-refractivity contribution in [2.75, 3.05) is 20.8 Å². The summed E-state index contributed by atoms with van der Waals surface area (Å²) in [6, 6.07) is 0. The van der Waals surface area contributed by atoms with E-state index in [-0.39, 0.29) is 6.10 Å². The molecule has 0 saturated heterocycles. The Balaban J connectivity index is 1.62. The molecule has 144 valence electrons. The highest BCUT2D eigenvalue weighted by Gasteiger charge is 2.61. The lowest BCUT2D eigenvalue weighted by molar-refractivity contribution is -0.152. The Morgan fingerprint density at radius 3 is 2.56 bits per heavy atom. The van der Waals surface area contributed by atoms with Gasteiger partial charge in [-0.25, -0.2) is 0 Å². The lowest BCUT2D eigenvalue weighted by atomic mass is 9.44. The van der Waals surface area contributed by atoms with Gasteiger partial charge in [0.15, 0.2) is 0 Å². The van der Waals surface area contributed by atoms with Crippen LogP contribution in [0.15, 0.2) is 0 Å². The van der Waals surface area contributed by atoms with Gasteiger partial charge in [-0.3, -0.25) is 0 Å². The van der Waals surface area contributed by atoms with Crippen LogP contribution in [-0.2, 0) is 9.47 Å². The van der Waals surface area contributed by atoms with Crippen LogP contribution in [-0.4, -0.2) is 38.1 Å². The third kappa shape index (κ3) is 2.72. The first-order valence-electron chi connectivity index (χ1n) is 10.7. The largest absolute Gasteiger partial charge is 0.393 e. The normalized spacial score (nSPS) is 52.3. The van der Waals surface area contributed by atoms with Crippen LogP contribution in [0.5, 0.6) is 0 Å². The third-order valence-electron chi connectivity index (χ3n) is 9.31. The zero-order valence-electron chi connectivity index (χ0n) is 16.5. The molecular weight excluding hydrogens is 312 g/mol. The second kappa shape index (κ2) is 6.80. The fourth-order valence-corrected chi connectivity index (χ4v) is 8.16. The van der Waals surface area contributed by atoms with Gasteiger partial charge in [0.1, 0.15) is 0 Å². The maximum atomic E-state index is 10.3. The summed E-state index contributed by atoms with van der Waals surface area (Å²) in [7, 11) is 3.77. The molecule has 4 aliphatic carbocycles. The van der Waals surface area contributed by atoms with E-state index >= 15 is 0 Å². The molecule has 0 aromatic heterocycles. The Morgan fingerprint density at radius 2 is 1.80 bits per heavy atom. The monoisotopic (exact) mass is 350 g/mol. The van der Waals surface area contributed by atoms with Crippen molar-refractivity contribution in [3.05, 3.63) is 0 Å².